The number of hydrogen-bond donors (Lipinski definition) is 2. The Morgan fingerprint density at radius 3 is 2.50 bits per heavy atom. The van der Waals surface area contributed by atoms with E-state index < -0.39 is 0 Å². The van der Waals surface area contributed by atoms with Crippen molar-refractivity contribution in [2.24, 2.45) is 10.4 Å². The number of nitrogens with zero attached hydrogens (tertiary/aromatic N) is 1. The normalized spacial score (nSPS) is 13.6. The first-order valence-electron chi connectivity index (χ1n) is 7.51. The van der Waals surface area contributed by atoms with E-state index in [1.807, 2.05) is 18.2 Å². The summed E-state index contributed by atoms with van der Waals surface area (Å²) in [6.07, 6.45) is 0.114. The Morgan fingerprint density at radius 2 is 1.95 bits per heavy atom. The third kappa shape index (κ3) is 5.93. The minimum Gasteiger partial charge on any atom is -0.497 e. The van der Waals surface area contributed by atoms with Crippen molar-refractivity contribution in [3.8, 4) is 5.75 Å². The fourth-order valence-corrected chi connectivity index (χ4v) is 2.12. The molecule has 0 saturated heterocycles. The highest BCUT2D eigenvalue weighted by atomic mass is 16.5. The molecule has 0 aromatic heterocycles. The minimum atomic E-state index is 0.0768. The number of methoxy groups -OCH3 is 2. The van der Waals surface area contributed by atoms with Crippen molar-refractivity contribution >= 4 is 5.96 Å². The number of benzene rings is 1. The largest absolute Gasteiger partial charge is 0.497 e. The fourth-order valence-electron chi connectivity index (χ4n) is 2.12. The Labute approximate surface area is 134 Å². The lowest BCUT2D eigenvalue weighted by atomic mass is 9.89. The topological polar surface area (TPSA) is 54.9 Å². The highest BCUT2D eigenvalue weighted by Crippen LogP contribution is 2.20. The maximum Gasteiger partial charge on any atom is 0.191 e. The summed E-state index contributed by atoms with van der Waals surface area (Å²) in [5.74, 6) is 1.61. The molecule has 0 bridgehead atoms. The quantitative estimate of drug-likeness (QED) is 0.626. The van der Waals surface area contributed by atoms with Gasteiger partial charge in [0, 0.05) is 27.2 Å². The Kier molecular flexibility index (Phi) is 7.18. The summed E-state index contributed by atoms with van der Waals surface area (Å²) in [5, 5.41) is 6.60. The van der Waals surface area contributed by atoms with Crippen molar-refractivity contribution in [3.05, 3.63) is 29.8 Å². The average Bonchev–Trinajstić information content (AvgIpc) is 2.49. The van der Waals surface area contributed by atoms with Gasteiger partial charge in [-0.25, -0.2) is 0 Å². The van der Waals surface area contributed by atoms with Crippen LogP contribution in [0.25, 0.3) is 0 Å². The van der Waals surface area contributed by atoms with Gasteiger partial charge < -0.3 is 20.1 Å². The zero-order valence-electron chi connectivity index (χ0n) is 14.6. The summed E-state index contributed by atoms with van der Waals surface area (Å²) in [6.45, 7) is 7.88. The molecule has 0 aliphatic heterocycles. The van der Waals surface area contributed by atoms with E-state index in [0.29, 0.717) is 13.1 Å². The second-order valence-corrected chi connectivity index (χ2v) is 6.25. The summed E-state index contributed by atoms with van der Waals surface area (Å²) in [5.41, 5.74) is 1.22. The first-order chi connectivity index (χ1) is 10.4. The van der Waals surface area contributed by atoms with E-state index in [1.54, 1.807) is 21.3 Å². The molecule has 2 N–H and O–H groups in total. The number of rotatable bonds is 6. The Bertz CT molecular complexity index is 481. The number of nitrogens with one attached hydrogen (secondary N) is 2. The van der Waals surface area contributed by atoms with E-state index in [-0.39, 0.29) is 11.5 Å². The predicted octanol–water partition coefficient (Wildman–Crippen LogP) is 2.42. The van der Waals surface area contributed by atoms with Gasteiger partial charge in [-0.2, -0.15) is 0 Å². The molecule has 1 aromatic rings. The van der Waals surface area contributed by atoms with Crippen molar-refractivity contribution in [2.45, 2.75) is 33.4 Å². The average molecular weight is 307 g/mol. The van der Waals surface area contributed by atoms with Gasteiger partial charge in [-0.05, 0) is 23.1 Å². The maximum absolute atomic E-state index is 5.54. The molecule has 0 radical (unpaired) electrons. The van der Waals surface area contributed by atoms with Gasteiger partial charge in [0.2, 0.25) is 0 Å². The Balaban J connectivity index is 2.52. The van der Waals surface area contributed by atoms with Gasteiger partial charge in [0.25, 0.3) is 0 Å². The zero-order valence-corrected chi connectivity index (χ0v) is 14.6. The molecule has 5 heteroatoms. The first kappa shape index (κ1) is 18.3. The molecule has 0 fully saturated rings. The fraction of sp³-hybridized carbons (Fsp3) is 0.588. The monoisotopic (exact) mass is 307 g/mol. The van der Waals surface area contributed by atoms with E-state index >= 15 is 0 Å². The molecule has 0 amide bonds. The van der Waals surface area contributed by atoms with Crippen molar-refractivity contribution in [2.75, 3.05) is 27.8 Å². The molecule has 1 rings (SSSR count). The van der Waals surface area contributed by atoms with Gasteiger partial charge in [-0.3, -0.25) is 4.99 Å². The molecule has 1 aromatic carbocycles. The highest BCUT2D eigenvalue weighted by molar-refractivity contribution is 5.79. The van der Waals surface area contributed by atoms with Crippen LogP contribution in [0.15, 0.2) is 29.3 Å². The summed E-state index contributed by atoms with van der Waals surface area (Å²) in [4.78, 5) is 4.24. The predicted molar refractivity (Wildman–Crippen MR) is 91.4 cm³/mol. The molecule has 0 aliphatic rings. The van der Waals surface area contributed by atoms with Crippen LogP contribution in [0, 0.1) is 5.41 Å². The molecule has 5 nitrogen and oxygen atoms in total. The minimum absolute atomic E-state index is 0.0768. The number of ether oxygens (including phenoxy) is 2. The van der Waals surface area contributed by atoms with Gasteiger partial charge in [0.05, 0.1) is 13.2 Å². The van der Waals surface area contributed by atoms with E-state index in [1.165, 1.54) is 0 Å². The van der Waals surface area contributed by atoms with E-state index in [9.17, 15) is 0 Å². The van der Waals surface area contributed by atoms with Crippen molar-refractivity contribution < 1.29 is 9.47 Å². The second-order valence-electron chi connectivity index (χ2n) is 6.25. The van der Waals surface area contributed by atoms with E-state index in [0.717, 1.165) is 17.3 Å². The molecular formula is C17H29N3O2. The lowest BCUT2D eigenvalue weighted by Gasteiger charge is -2.30. The van der Waals surface area contributed by atoms with Crippen LogP contribution < -0.4 is 15.4 Å². The molecule has 22 heavy (non-hydrogen) atoms. The molecule has 0 spiro atoms. The first-order valence-corrected chi connectivity index (χ1v) is 7.51. The van der Waals surface area contributed by atoms with Crippen LogP contribution in [0.5, 0.6) is 5.75 Å². The molecule has 1 atom stereocenters. The van der Waals surface area contributed by atoms with Crippen LogP contribution in [-0.4, -0.2) is 39.9 Å². The van der Waals surface area contributed by atoms with Gasteiger partial charge in [-0.1, -0.05) is 32.9 Å². The summed E-state index contributed by atoms with van der Waals surface area (Å²) in [6, 6.07) is 7.97. The lowest BCUT2D eigenvalue weighted by Crippen LogP contribution is -2.45. The van der Waals surface area contributed by atoms with Crippen LogP contribution in [0.1, 0.15) is 26.3 Å². The summed E-state index contributed by atoms with van der Waals surface area (Å²) < 4.78 is 10.8. The Morgan fingerprint density at radius 1 is 1.23 bits per heavy atom. The van der Waals surface area contributed by atoms with E-state index in [2.05, 4.69) is 42.5 Å². The third-order valence-corrected chi connectivity index (χ3v) is 3.52. The number of hydrogen-bond acceptors (Lipinski definition) is 3. The Hall–Kier alpha value is -1.75. The van der Waals surface area contributed by atoms with Crippen LogP contribution in [0.3, 0.4) is 0 Å². The SMILES string of the molecule is CN=C(NCc1cccc(OC)c1)NCC(OC)C(C)(C)C. The van der Waals surface area contributed by atoms with Crippen LogP contribution >= 0.6 is 0 Å². The molecule has 0 heterocycles. The summed E-state index contributed by atoms with van der Waals surface area (Å²) in [7, 11) is 5.17. The van der Waals surface area contributed by atoms with Gasteiger partial charge in [-0.15, -0.1) is 0 Å². The second kappa shape index (κ2) is 8.63. The van der Waals surface area contributed by atoms with Crippen molar-refractivity contribution in [1.29, 1.82) is 0 Å². The molecule has 1 unspecified atom stereocenters. The summed E-state index contributed by atoms with van der Waals surface area (Å²) >= 11 is 0. The van der Waals surface area contributed by atoms with E-state index in [4.69, 9.17) is 9.47 Å². The molecule has 124 valence electrons. The van der Waals surface area contributed by atoms with Gasteiger partial charge in [0.1, 0.15) is 5.75 Å². The molecule has 0 saturated carbocycles. The number of guanidine groups is 1. The van der Waals surface area contributed by atoms with Crippen LogP contribution in [0.4, 0.5) is 0 Å². The smallest absolute Gasteiger partial charge is 0.191 e. The number of aliphatic imine (C=N–C) groups is 1. The maximum atomic E-state index is 5.54. The van der Waals surface area contributed by atoms with Crippen molar-refractivity contribution in [1.82, 2.24) is 10.6 Å². The van der Waals surface area contributed by atoms with Crippen LogP contribution in [0.2, 0.25) is 0 Å². The van der Waals surface area contributed by atoms with Gasteiger partial charge in [0.15, 0.2) is 5.96 Å². The lowest BCUT2D eigenvalue weighted by molar-refractivity contribution is 0.0205. The third-order valence-electron chi connectivity index (χ3n) is 3.52. The van der Waals surface area contributed by atoms with Crippen molar-refractivity contribution in [3.63, 3.8) is 0 Å². The highest BCUT2D eigenvalue weighted by Gasteiger charge is 2.24. The van der Waals surface area contributed by atoms with Crippen LogP contribution in [-0.2, 0) is 11.3 Å². The van der Waals surface area contributed by atoms with Gasteiger partial charge >= 0.3 is 0 Å². The molecular weight excluding hydrogens is 278 g/mol. The molecule has 0 aliphatic carbocycles. The standard InChI is InChI=1S/C17H29N3O2/c1-17(2,3)15(22-6)12-20-16(18-4)19-11-13-8-7-9-14(10-13)21-5/h7-10,15H,11-12H2,1-6H3,(H2,18,19,20). The zero-order chi connectivity index (χ0) is 16.6.